The molecular weight excluding hydrogens is 414 g/mol. The van der Waals surface area contributed by atoms with Crippen LogP contribution in [0.25, 0.3) is 0 Å². The van der Waals surface area contributed by atoms with Gasteiger partial charge in [0, 0.05) is 5.69 Å². The molecule has 1 unspecified atom stereocenters. The molecule has 0 aliphatic heterocycles. The third-order valence-corrected chi connectivity index (χ3v) is 7.53. The molecule has 0 fully saturated rings. The molecule has 2 aliphatic carbocycles. The zero-order chi connectivity index (χ0) is 22.0. The van der Waals surface area contributed by atoms with E-state index in [1.807, 2.05) is 6.92 Å². The van der Waals surface area contributed by atoms with Crippen LogP contribution in [0.2, 0.25) is 0 Å². The van der Waals surface area contributed by atoms with Crippen LogP contribution in [0.4, 0.5) is 15.3 Å². The first-order valence-corrected chi connectivity index (χ1v) is 12.2. The van der Waals surface area contributed by atoms with Crippen LogP contribution in [0.3, 0.4) is 0 Å². The molecule has 2 aromatic rings. The van der Waals surface area contributed by atoms with E-state index >= 15 is 0 Å². The molecule has 2 N–H and O–H groups in total. The van der Waals surface area contributed by atoms with Crippen LogP contribution in [0, 0.1) is 6.92 Å². The number of rotatable bonds is 4. The fourth-order valence-electron chi connectivity index (χ4n) is 4.34. The number of ether oxygens (including phenoxy) is 1. The van der Waals surface area contributed by atoms with Crippen LogP contribution in [-0.2, 0) is 40.3 Å². The predicted molar refractivity (Wildman–Crippen MR) is 120 cm³/mol. The Hall–Kier alpha value is -2.87. The molecule has 1 atom stereocenters. The van der Waals surface area contributed by atoms with Gasteiger partial charge in [-0.3, -0.25) is 0 Å². The number of carbonyl (C=O) groups is 2. The molecular formula is C23H27N3O4S. The van der Waals surface area contributed by atoms with Crippen molar-refractivity contribution in [2.75, 3.05) is 11.9 Å². The molecule has 0 saturated heterocycles. The maximum Gasteiger partial charge on any atom is 0.443 e. The van der Waals surface area contributed by atoms with Gasteiger partial charge in [0.25, 0.3) is 0 Å². The van der Waals surface area contributed by atoms with E-state index in [0.29, 0.717) is 0 Å². The maximum atomic E-state index is 13.6. The molecule has 0 spiro atoms. The molecule has 3 amide bonds. The first-order valence-electron chi connectivity index (χ1n) is 10.7. The molecule has 2 aromatic carbocycles. The molecule has 0 aromatic heterocycles. The fourth-order valence-corrected chi connectivity index (χ4v) is 5.68. The Balaban J connectivity index is 1.66. The third kappa shape index (κ3) is 4.44. The number of hydrogen-bond donors (Lipinski definition) is 2. The largest absolute Gasteiger partial charge is 0.448 e. The standard InChI is InChI=1S/C23H27N3O4S/c1-3-30-23(28)26-31(29,18-12-10-15(2)11-13-18)25-22(27)24-21-19-8-4-6-16(19)14-17-7-5-9-20(17)21/h10-14H,3-9H2,1-2H3,(H2,24,25,26,27,28,29). The first-order chi connectivity index (χ1) is 14.9. The molecule has 8 heteroatoms. The lowest BCUT2D eigenvalue weighted by atomic mass is 9.99. The molecule has 0 bridgehead atoms. The zero-order valence-corrected chi connectivity index (χ0v) is 18.6. The van der Waals surface area contributed by atoms with Crippen molar-refractivity contribution >= 4 is 27.7 Å². The second kappa shape index (κ2) is 8.70. The second-order valence-corrected chi connectivity index (χ2v) is 9.83. The van der Waals surface area contributed by atoms with Gasteiger partial charge in [0.2, 0.25) is 0 Å². The molecule has 0 radical (unpaired) electrons. The van der Waals surface area contributed by atoms with E-state index in [1.165, 1.54) is 22.3 Å². The zero-order valence-electron chi connectivity index (χ0n) is 17.8. The highest BCUT2D eigenvalue weighted by molar-refractivity contribution is 7.92. The van der Waals surface area contributed by atoms with E-state index < -0.39 is 22.0 Å². The monoisotopic (exact) mass is 441 g/mol. The molecule has 2 aliphatic rings. The Morgan fingerprint density at radius 1 is 1.03 bits per heavy atom. The molecule has 0 saturated carbocycles. The minimum absolute atomic E-state index is 0.0975. The van der Waals surface area contributed by atoms with Gasteiger partial charge in [-0.1, -0.05) is 23.8 Å². The van der Waals surface area contributed by atoms with Gasteiger partial charge >= 0.3 is 12.1 Å². The van der Waals surface area contributed by atoms with Crippen molar-refractivity contribution in [1.82, 2.24) is 4.72 Å². The van der Waals surface area contributed by atoms with Crippen molar-refractivity contribution in [3.8, 4) is 0 Å². The summed E-state index contributed by atoms with van der Waals surface area (Å²) in [7, 11) is -3.56. The van der Waals surface area contributed by atoms with Crippen LogP contribution >= 0.6 is 0 Å². The van der Waals surface area contributed by atoms with Crippen molar-refractivity contribution in [3.05, 3.63) is 58.1 Å². The number of fused-ring (bicyclic) bond motifs is 2. The summed E-state index contributed by atoms with van der Waals surface area (Å²) in [5.41, 5.74) is 6.70. The smallest absolute Gasteiger partial charge is 0.443 e. The summed E-state index contributed by atoms with van der Waals surface area (Å²) in [4.78, 5) is 25.2. The minimum Gasteiger partial charge on any atom is -0.448 e. The number of amides is 3. The van der Waals surface area contributed by atoms with Gasteiger partial charge < -0.3 is 10.1 Å². The van der Waals surface area contributed by atoms with E-state index in [1.54, 1.807) is 31.2 Å². The number of nitrogens with zero attached hydrogens (tertiary/aromatic N) is 1. The van der Waals surface area contributed by atoms with Crippen molar-refractivity contribution in [3.63, 3.8) is 0 Å². The number of urea groups is 1. The van der Waals surface area contributed by atoms with E-state index in [2.05, 4.69) is 20.5 Å². The predicted octanol–water partition coefficient (Wildman–Crippen LogP) is 4.69. The van der Waals surface area contributed by atoms with Crippen molar-refractivity contribution in [2.24, 2.45) is 4.36 Å². The lowest BCUT2D eigenvalue weighted by molar-refractivity contribution is 0.164. The maximum absolute atomic E-state index is 13.6. The number of anilines is 1. The average molecular weight is 442 g/mol. The Morgan fingerprint density at radius 3 is 2.23 bits per heavy atom. The van der Waals surface area contributed by atoms with Gasteiger partial charge in [0.15, 0.2) is 9.92 Å². The third-order valence-electron chi connectivity index (χ3n) is 5.75. The minimum atomic E-state index is -3.56. The Labute approximate surface area is 182 Å². The SMILES string of the molecule is CCOC(=O)N=S(=O)(NC(=O)Nc1c2c(cc3c1CCC3)CCC2)c1ccc(C)cc1. The Bertz CT molecular complexity index is 1120. The lowest BCUT2D eigenvalue weighted by Gasteiger charge is -2.18. The van der Waals surface area contributed by atoms with E-state index in [9.17, 15) is 13.8 Å². The molecule has 164 valence electrons. The van der Waals surface area contributed by atoms with Gasteiger partial charge in [-0.25, -0.2) is 18.5 Å². The summed E-state index contributed by atoms with van der Waals surface area (Å²) in [6, 6.07) is 8.34. The van der Waals surface area contributed by atoms with Crippen molar-refractivity contribution in [2.45, 2.75) is 57.3 Å². The van der Waals surface area contributed by atoms with Crippen LogP contribution < -0.4 is 10.0 Å². The summed E-state index contributed by atoms with van der Waals surface area (Å²) in [5, 5.41) is 2.94. The first kappa shape index (κ1) is 21.4. The number of nitrogens with one attached hydrogen (secondary N) is 2. The second-order valence-electron chi connectivity index (χ2n) is 7.92. The summed E-state index contributed by atoms with van der Waals surface area (Å²) in [6.07, 6.45) is 5.00. The number of benzene rings is 2. The fraction of sp³-hybridized carbons (Fsp3) is 0.391. The quantitative estimate of drug-likeness (QED) is 0.719. The summed E-state index contributed by atoms with van der Waals surface area (Å²) >= 11 is 0. The molecule has 4 rings (SSSR count). The highest BCUT2D eigenvalue weighted by atomic mass is 32.2. The van der Waals surface area contributed by atoms with E-state index in [4.69, 9.17) is 4.74 Å². The Kier molecular flexibility index (Phi) is 6.00. The summed E-state index contributed by atoms with van der Waals surface area (Å²) in [6.45, 7) is 3.63. The molecule has 0 heterocycles. The molecule has 31 heavy (non-hydrogen) atoms. The van der Waals surface area contributed by atoms with Gasteiger partial charge in [-0.05, 0) is 86.8 Å². The number of hydrogen-bond acceptors (Lipinski definition) is 4. The van der Waals surface area contributed by atoms with Crippen molar-refractivity contribution in [1.29, 1.82) is 0 Å². The van der Waals surface area contributed by atoms with Gasteiger partial charge in [0.05, 0.1) is 11.5 Å². The van der Waals surface area contributed by atoms with Gasteiger partial charge in [-0.2, -0.15) is 0 Å². The van der Waals surface area contributed by atoms with Crippen LogP contribution in [0.15, 0.2) is 39.6 Å². The Morgan fingerprint density at radius 2 is 1.65 bits per heavy atom. The highest BCUT2D eigenvalue weighted by Crippen LogP contribution is 2.38. The van der Waals surface area contributed by atoms with E-state index in [0.717, 1.165) is 49.8 Å². The van der Waals surface area contributed by atoms with Gasteiger partial charge in [0.1, 0.15) is 0 Å². The highest BCUT2D eigenvalue weighted by Gasteiger charge is 2.26. The topological polar surface area (TPSA) is 96.9 Å². The van der Waals surface area contributed by atoms with Gasteiger partial charge in [-0.15, -0.1) is 4.36 Å². The van der Waals surface area contributed by atoms with E-state index in [-0.39, 0.29) is 11.5 Å². The lowest BCUT2D eigenvalue weighted by Crippen LogP contribution is -2.35. The van der Waals surface area contributed by atoms with Crippen LogP contribution in [0.1, 0.15) is 47.6 Å². The summed E-state index contributed by atoms with van der Waals surface area (Å²) in [5.74, 6) is 0. The number of carbonyl (C=O) groups excluding carboxylic acids is 2. The average Bonchev–Trinajstić information content (AvgIpc) is 3.37. The molecule has 7 nitrogen and oxygen atoms in total. The normalized spacial score (nSPS) is 16.1. The van der Waals surface area contributed by atoms with Crippen molar-refractivity contribution < 1.29 is 18.5 Å². The van der Waals surface area contributed by atoms with Crippen LogP contribution in [0.5, 0.6) is 0 Å². The summed E-state index contributed by atoms with van der Waals surface area (Å²) < 4.78 is 24.6. The van der Waals surface area contributed by atoms with Crippen LogP contribution in [-0.4, -0.2) is 22.9 Å². The number of aryl methyl sites for hydroxylation is 3.